The lowest BCUT2D eigenvalue weighted by Gasteiger charge is -2.10. The third-order valence-electron chi connectivity index (χ3n) is 6.08. The molecule has 7 heteroatoms. The number of alkyl halides is 5. The minimum atomic E-state index is -4.42. The van der Waals surface area contributed by atoms with E-state index in [2.05, 4.69) is 5.32 Å². The first kappa shape index (κ1) is 17.5. The molecule has 3 aliphatic carbocycles. The number of hydrogen-bond donors (Lipinski definition) is 1. The monoisotopic (exact) mass is 391 g/mol. The van der Waals surface area contributed by atoms with Crippen molar-refractivity contribution in [1.29, 1.82) is 0 Å². The zero-order valence-electron chi connectivity index (χ0n) is 13.3. The number of benzene rings is 1. The van der Waals surface area contributed by atoms with Gasteiger partial charge in [-0.05, 0) is 67.6 Å². The minimum Gasteiger partial charge on any atom is -0.326 e. The summed E-state index contributed by atoms with van der Waals surface area (Å²) in [6.07, 6.45) is -0.749. The molecule has 3 fully saturated rings. The molecule has 0 radical (unpaired) electrons. The Morgan fingerprint density at radius 3 is 2.24 bits per heavy atom. The number of fused-ring (bicyclic) bond motifs is 2. The lowest BCUT2D eigenvalue weighted by Crippen LogP contribution is -2.16. The van der Waals surface area contributed by atoms with Crippen LogP contribution in [-0.2, 0) is 11.0 Å². The van der Waals surface area contributed by atoms with E-state index < -0.39 is 16.1 Å². The van der Waals surface area contributed by atoms with E-state index >= 15 is 0 Å². The predicted octanol–water partition coefficient (Wildman–Crippen LogP) is 5.50. The van der Waals surface area contributed by atoms with Crippen LogP contribution in [0.2, 0.25) is 0 Å². The molecule has 0 saturated heterocycles. The largest absolute Gasteiger partial charge is 0.416 e. The number of hydrogen-bond acceptors (Lipinski definition) is 1. The smallest absolute Gasteiger partial charge is 0.326 e. The van der Waals surface area contributed by atoms with Crippen molar-refractivity contribution in [2.24, 2.45) is 29.6 Å². The van der Waals surface area contributed by atoms with Gasteiger partial charge in [0.15, 0.2) is 0 Å². The van der Waals surface area contributed by atoms with Crippen LogP contribution in [0.15, 0.2) is 24.3 Å². The third-order valence-corrected chi connectivity index (χ3v) is 7.20. The van der Waals surface area contributed by atoms with E-state index in [9.17, 15) is 18.0 Å². The molecule has 0 aliphatic heterocycles. The fourth-order valence-electron chi connectivity index (χ4n) is 4.61. The highest BCUT2D eigenvalue weighted by molar-refractivity contribution is 6.51. The molecule has 136 valence electrons. The molecule has 1 aromatic carbocycles. The second-order valence-electron chi connectivity index (χ2n) is 7.46. The van der Waals surface area contributed by atoms with Crippen molar-refractivity contribution < 1.29 is 18.0 Å². The molecule has 3 saturated carbocycles. The summed E-state index contributed by atoms with van der Waals surface area (Å²) in [6, 6.07) is 4.77. The Labute approximate surface area is 154 Å². The molecule has 0 spiro atoms. The van der Waals surface area contributed by atoms with Gasteiger partial charge < -0.3 is 5.32 Å². The average molecular weight is 392 g/mol. The van der Waals surface area contributed by atoms with Crippen molar-refractivity contribution in [1.82, 2.24) is 0 Å². The maximum Gasteiger partial charge on any atom is 0.416 e. The molecule has 1 N–H and O–H groups in total. The number of amides is 1. The van der Waals surface area contributed by atoms with E-state index in [1.54, 1.807) is 0 Å². The molecule has 5 atom stereocenters. The van der Waals surface area contributed by atoms with Gasteiger partial charge in [-0.3, -0.25) is 4.79 Å². The number of halogens is 5. The summed E-state index contributed by atoms with van der Waals surface area (Å²) < 4.78 is 37.7. The zero-order valence-corrected chi connectivity index (χ0v) is 14.8. The highest BCUT2D eigenvalue weighted by atomic mass is 35.5. The van der Waals surface area contributed by atoms with Crippen LogP contribution in [0.3, 0.4) is 0 Å². The van der Waals surface area contributed by atoms with Crippen molar-refractivity contribution in [2.45, 2.75) is 36.2 Å². The van der Waals surface area contributed by atoms with Crippen LogP contribution < -0.4 is 5.32 Å². The summed E-state index contributed by atoms with van der Waals surface area (Å²) >= 11 is 12.5. The first-order chi connectivity index (χ1) is 11.7. The number of carbonyl (C=O) groups excluding carboxylic acids is 1. The van der Waals surface area contributed by atoms with E-state index in [-0.39, 0.29) is 17.5 Å². The van der Waals surface area contributed by atoms with Crippen molar-refractivity contribution in [2.75, 3.05) is 5.32 Å². The molecule has 0 heterocycles. The molecule has 1 amide bonds. The molecule has 1 unspecified atom stereocenters. The first-order valence-electron chi connectivity index (χ1n) is 8.55. The highest BCUT2D eigenvalue weighted by Gasteiger charge is 2.65. The zero-order chi connectivity index (χ0) is 18.0. The SMILES string of the molecule is O=C(Nc1cccc(C(F)(F)F)c1)C1[C@@H]2CC[C@@H]3[C@H](CC[C@@H]12)C3(Cl)Cl. The Morgan fingerprint density at radius 1 is 1.08 bits per heavy atom. The van der Waals surface area contributed by atoms with Gasteiger partial charge in [0, 0.05) is 11.6 Å². The Morgan fingerprint density at radius 2 is 1.68 bits per heavy atom. The van der Waals surface area contributed by atoms with Crippen LogP contribution in [0.5, 0.6) is 0 Å². The molecular formula is C18H18Cl2F3NO. The quantitative estimate of drug-likeness (QED) is 0.662. The van der Waals surface area contributed by atoms with E-state index in [0.717, 1.165) is 37.8 Å². The van der Waals surface area contributed by atoms with E-state index in [1.165, 1.54) is 12.1 Å². The number of carbonyl (C=O) groups is 1. The first-order valence-corrected chi connectivity index (χ1v) is 9.31. The standard InChI is InChI=1S/C18H18Cl2F3NO/c19-17(20)13-6-4-11-12(5-7-14(13)17)15(11)16(25)24-10-3-1-2-9(8-10)18(21,22)23/h1-3,8,11-15H,4-7H2,(H,24,25)/t11-,12-,13-,14+,15?/m1/s1. The molecule has 25 heavy (non-hydrogen) atoms. The van der Waals surface area contributed by atoms with Gasteiger partial charge in [-0.25, -0.2) is 0 Å². The van der Waals surface area contributed by atoms with Gasteiger partial charge >= 0.3 is 6.18 Å². The van der Waals surface area contributed by atoms with Gasteiger partial charge in [0.25, 0.3) is 0 Å². The van der Waals surface area contributed by atoms with Crippen LogP contribution in [0.4, 0.5) is 18.9 Å². The molecule has 1 aromatic rings. The van der Waals surface area contributed by atoms with Gasteiger partial charge in [0.05, 0.1) is 5.56 Å². The van der Waals surface area contributed by atoms with Gasteiger partial charge in [-0.1, -0.05) is 6.07 Å². The lowest BCUT2D eigenvalue weighted by atomic mass is 10.0. The summed E-state index contributed by atoms with van der Waals surface area (Å²) in [5, 5.41) is 2.66. The van der Waals surface area contributed by atoms with Gasteiger partial charge in [-0.15, -0.1) is 23.2 Å². The Hall–Kier alpha value is -0.940. The maximum atomic E-state index is 12.8. The summed E-state index contributed by atoms with van der Waals surface area (Å²) in [5.41, 5.74) is -0.560. The van der Waals surface area contributed by atoms with E-state index in [0.29, 0.717) is 23.7 Å². The highest BCUT2D eigenvalue weighted by Crippen LogP contribution is 2.67. The molecule has 2 nitrogen and oxygen atoms in total. The van der Waals surface area contributed by atoms with Crippen LogP contribution in [0.25, 0.3) is 0 Å². The summed E-state index contributed by atoms with van der Waals surface area (Å²) in [6.45, 7) is 0. The maximum absolute atomic E-state index is 12.8. The van der Waals surface area contributed by atoms with Crippen LogP contribution >= 0.6 is 23.2 Å². The third kappa shape index (κ3) is 3.14. The lowest BCUT2D eigenvalue weighted by molar-refractivity contribution is -0.137. The Kier molecular flexibility index (Phi) is 4.04. The van der Waals surface area contributed by atoms with Crippen molar-refractivity contribution in [3.05, 3.63) is 29.8 Å². The second kappa shape index (κ2) is 5.78. The van der Waals surface area contributed by atoms with Gasteiger partial charge in [0.2, 0.25) is 5.91 Å². The molecular weight excluding hydrogens is 374 g/mol. The van der Waals surface area contributed by atoms with Gasteiger partial charge in [-0.2, -0.15) is 13.2 Å². The molecule has 0 aromatic heterocycles. The second-order valence-corrected chi connectivity index (χ2v) is 8.91. The molecule has 0 bridgehead atoms. The normalized spacial score (nSPS) is 35.6. The van der Waals surface area contributed by atoms with Crippen LogP contribution in [0.1, 0.15) is 31.2 Å². The molecule has 3 aliphatic rings. The number of rotatable bonds is 2. The topological polar surface area (TPSA) is 29.1 Å². The summed E-state index contributed by atoms with van der Waals surface area (Å²) in [4.78, 5) is 12.5. The molecule has 4 rings (SSSR count). The van der Waals surface area contributed by atoms with Crippen LogP contribution in [0, 0.1) is 29.6 Å². The predicted molar refractivity (Wildman–Crippen MR) is 90.4 cm³/mol. The minimum absolute atomic E-state index is 0.105. The average Bonchev–Trinajstić information content (AvgIpc) is 3.31. The van der Waals surface area contributed by atoms with Crippen molar-refractivity contribution in [3.63, 3.8) is 0 Å². The Bertz CT molecular complexity index is 684. The van der Waals surface area contributed by atoms with Crippen LogP contribution in [-0.4, -0.2) is 10.2 Å². The Balaban J connectivity index is 1.39. The van der Waals surface area contributed by atoms with E-state index in [1.807, 2.05) is 0 Å². The van der Waals surface area contributed by atoms with Gasteiger partial charge in [0.1, 0.15) is 4.33 Å². The number of anilines is 1. The summed E-state index contributed by atoms with van der Waals surface area (Å²) in [5.74, 6) is 0.974. The van der Waals surface area contributed by atoms with Crippen molar-refractivity contribution >= 4 is 34.8 Å². The number of nitrogens with one attached hydrogen (secondary N) is 1. The fraction of sp³-hybridized carbons (Fsp3) is 0.611. The fourth-order valence-corrected chi connectivity index (χ4v) is 5.53. The van der Waals surface area contributed by atoms with E-state index in [4.69, 9.17) is 23.2 Å². The summed E-state index contributed by atoms with van der Waals surface area (Å²) in [7, 11) is 0. The van der Waals surface area contributed by atoms with Crippen molar-refractivity contribution in [3.8, 4) is 0 Å².